The molecule has 0 aliphatic carbocycles. The summed E-state index contributed by atoms with van der Waals surface area (Å²) >= 11 is 1.36. The third-order valence-corrected chi connectivity index (χ3v) is 8.42. The summed E-state index contributed by atoms with van der Waals surface area (Å²) in [7, 11) is -4.01. The Morgan fingerprint density at radius 2 is 1.62 bits per heavy atom. The predicted molar refractivity (Wildman–Crippen MR) is 138 cm³/mol. The van der Waals surface area contributed by atoms with Crippen LogP contribution in [-0.2, 0) is 16.6 Å². The van der Waals surface area contributed by atoms with E-state index in [1.54, 1.807) is 58.7 Å². The normalized spacial score (nSPS) is 10.8. The summed E-state index contributed by atoms with van der Waals surface area (Å²) in [5.41, 5.74) is 1.40. The number of carbonyl (C=O) groups is 1. The van der Waals surface area contributed by atoms with E-state index in [9.17, 15) is 18.3 Å². The van der Waals surface area contributed by atoms with Crippen LogP contribution in [0.25, 0.3) is 15.8 Å². The Kier molecular flexibility index (Phi) is 7.92. The first kappa shape index (κ1) is 26.3. The largest absolute Gasteiger partial charge is 1.00 e. The fourth-order valence-electron chi connectivity index (χ4n) is 3.90. The molecule has 2 heterocycles. The molecular weight excluding hydrogens is 499 g/mol. The molecule has 2 aromatic heterocycles. The molecule has 6 nitrogen and oxygen atoms in total. The van der Waals surface area contributed by atoms with E-state index in [4.69, 9.17) is 0 Å². The molecule has 0 spiro atoms. The number of rotatable bonds is 6. The van der Waals surface area contributed by atoms with Crippen LogP contribution in [0.4, 0.5) is 0 Å². The number of para-hydroxylation sites is 1. The molecule has 0 amide bonds. The Morgan fingerprint density at radius 3 is 2.35 bits per heavy atom. The van der Waals surface area contributed by atoms with Gasteiger partial charge in [0, 0.05) is 39.5 Å². The third kappa shape index (κ3) is 5.36. The first-order valence-corrected chi connectivity index (χ1v) is 13.3. The molecule has 0 N–H and O–H groups in total. The number of carbonyl (C=O) groups excluding carboxylic acids is 1. The number of nitrogens with zero attached hydrogens (tertiary/aromatic N) is 2. The van der Waals surface area contributed by atoms with E-state index in [1.165, 1.54) is 17.4 Å². The molecular formula is C28H19LiN2O4S2. The number of aromatic carboxylic acids is 1. The van der Waals surface area contributed by atoms with Gasteiger partial charge in [0.05, 0.1) is 23.8 Å². The molecule has 5 rings (SSSR count). The Balaban J connectivity index is 0.00000320. The van der Waals surface area contributed by atoms with Gasteiger partial charge in [-0.15, -0.1) is 11.3 Å². The standard InChI is InChI=1S/C28H20N2O4S2.Li/c31-28(32)24-13-8-11-22(27(24)29-16-6-7-17-29)15-18-30(19-21-9-2-1-3-10-21)36(33,34)26-20-35-25-14-5-4-12-23(25)26;/h1-14,16-17,20H,19H2,(H,31,32);/q;+1/p-1. The molecule has 0 aliphatic rings. The van der Waals surface area contributed by atoms with Crippen LogP contribution < -0.4 is 24.0 Å². The predicted octanol–water partition coefficient (Wildman–Crippen LogP) is 1.26. The van der Waals surface area contributed by atoms with Gasteiger partial charge in [0.15, 0.2) is 0 Å². The first-order chi connectivity index (χ1) is 17.4. The molecule has 37 heavy (non-hydrogen) atoms. The van der Waals surface area contributed by atoms with Gasteiger partial charge in [-0.3, -0.25) is 0 Å². The molecule has 9 heteroatoms. The first-order valence-electron chi connectivity index (χ1n) is 11.0. The van der Waals surface area contributed by atoms with Crippen molar-refractivity contribution >= 4 is 37.4 Å². The van der Waals surface area contributed by atoms with E-state index in [0.29, 0.717) is 16.6 Å². The summed E-state index contributed by atoms with van der Waals surface area (Å²) in [6, 6.07) is 27.5. The molecule has 178 valence electrons. The maximum absolute atomic E-state index is 13.8. The van der Waals surface area contributed by atoms with Crippen molar-refractivity contribution in [3.63, 3.8) is 0 Å². The SMILES string of the molecule is O=C([O-])c1cccc(C#CN(Cc2ccccc2)S(=O)(=O)c2csc3ccccc23)c1-n1cccc1.[Li+]. The number of carboxylic acid groups (broad SMARTS) is 1. The maximum Gasteiger partial charge on any atom is 1.00 e. The molecule has 0 atom stereocenters. The monoisotopic (exact) mass is 518 g/mol. The Bertz CT molecular complexity index is 1720. The van der Waals surface area contributed by atoms with Crippen LogP contribution in [0, 0.1) is 12.0 Å². The zero-order valence-electron chi connectivity index (χ0n) is 19.9. The number of hydrogen-bond acceptors (Lipinski definition) is 5. The molecule has 0 bridgehead atoms. The van der Waals surface area contributed by atoms with Crippen LogP contribution in [0.5, 0.6) is 0 Å². The molecule has 3 aromatic carbocycles. The van der Waals surface area contributed by atoms with E-state index in [2.05, 4.69) is 12.0 Å². The maximum atomic E-state index is 13.8. The minimum atomic E-state index is -4.01. The van der Waals surface area contributed by atoms with Gasteiger partial charge in [0.2, 0.25) is 0 Å². The quantitative estimate of drug-likeness (QED) is 0.193. The Labute approximate surface area is 231 Å². The smallest absolute Gasteiger partial charge is 0.545 e. The summed E-state index contributed by atoms with van der Waals surface area (Å²) in [5.74, 6) is 1.58. The van der Waals surface area contributed by atoms with Gasteiger partial charge >= 0.3 is 18.9 Å². The topological polar surface area (TPSA) is 82.4 Å². The number of carboxylic acids is 1. The fourth-order valence-corrected chi connectivity index (χ4v) is 6.60. The Morgan fingerprint density at radius 1 is 0.919 bits per heavy atom. The van der Waals surface area contributed by atoms with Crippen LogP contribution in [0.1, 0.15) is 21.5 Å². The van der Waals surface area contributed by atoms with Crippen LogP contribution >= 0.6 is 11.3 Å². The van der Waals surface area contributed by atoms with Crippen LogP contribution in [0.3, 0.4) is 0 Å². The summed E-state index contributed by atoms with van der Waals surface area (Å²) in [6.07, 6.45) is 3.39. The molecule has 0 unspecified atom stereocenters. The number of hydrogen-bond donors (Lipinski definition) is 0. The van der Waals surface area contributed by atoms with Crippen molar-refractivity contribution in [2.24, 2.45) is 0 Å². The average molecular weight is 519 g/mol. The number of benzene rings is 3. The van der Waals surface area contributed by atoms with Crippen molar-refractivity contribution in [1.29, 1.82) is 0 Å². The van der Waals surface area contributed by atoms with Gasteiger partial charge in [0.25, 0.3) is 10.0 Å². The van der Waals surface area contributed by atoms with Crippen molar-refractivity contribution in [2.45, 2.75) is 11.4 Å². The number of thiophene rings is 1. The molecule has 0 saturated heterocycles. The van der Waals surface area contributed by atoms with Gasteiger partial charge in [-0.1, -0.05) is 60.7 Å². The van der Waals surface area contributed by atoms with Crippen molar-refractivity contribution in [2.75, 3.05) is 0 Å². The van der Waals surface area contributed by atoms with Crippen LogP contribution in [-0.4, -0.2) is 23.3 Å². The van der Waals surface area contributed by atoms with Gasteiger partial charge in [0.1, 0.15) is 4.90 Å². The van der Waals surface area contributed by atoms with Crippen molar-refractivity contribution in [3.05, 3.63) is 119 Å². The summed E-state index contributed by atoms with van der Waals surface area (Å²) in [6.45, 7) is 0.0272. The zero-order valence-corrected chi connectivity index (χ0v) is 21.5. The van der Waals surface area contributed by atoms with E-state index < -0.39 is 16.0 Å². The zero-order chi connectivity index (χ0) is 25.1. The second-order valence-electron chi connectivity index (χ2n) is 7.91. The van der Waals surface area contributed by atoms with Crippen molar-refractivity contribution in [3.8, 4) is 17.7 Å². The van der Waals surface area contributed by atoms with Gasteiger partial charge in [-0.2, -0.15) is 0 Å². The average Bonchev–Trinajstić information content (AvgIpc) is 3.57. The van der Waals surface area contributed by atoms with E-state index in [1.807, 2.05) is 42.5 Å². The molecule has 0 radical (unpaired) electrons. The van der Waals surface area contributed by atoms with Crippen LogP contribution in [0.15, 0.2) is 108 Å². The van der Waals surface area contributed by atoms with Gasteiger partial charge < -0.3 is 14.5 Å². The molecule has 0 aliphatic heterocycles. The minimum absolute atomic E-state index is 0. The third-order valence-electron chi connectivity index (χ3n) is 5.62. The van der Waals surface area contributed by atoms with Gasteiger partial charge in [-0.05, 0) is 35.7 Å². The van der Waals surface area contributed by atoms with Gasteiger partial charge in [-0.25, -0.2) is 12.7 Å². The molecule has 5 aromatic rings. The molecule has 0 fully saturated rings. The van der Waals surface area contributed by atoms with E-state index in [-0.39, 0.29) is 35.9 Å². The van der Waals surface area contributed by atoms with Crippen molar-refractivity contribution in [1.82, 2.24) is 8.87 Å². The van der Waals surface area contributed by atoms with Crippen molar-refractivity contribution < 1.29 is 37.2 Å². The summed E-state index contributed by atoms with van der Waals surface area (Å²) in [4.78, 5) is 12.0. The summed E-state index contributed by atoms with van der Waals surface area (Å²) < 4.78 is 31.3. The molecule has 0 saturated carbocycles. The second kappa shape index (κ2) is 11.1. The second-order valence-corrected chi connectivity index (χ2v) is 10.7. The number of aromatic nitrogens is 1. The van der Waals surface area contributed by atoms with E-state index in [0.717, 1.165) is 14.6 Å². The Hall–Kier alpha value is -3.72. The number of fused-ring (bicyclic) bond motifs is 1. The van der Waals surface area contributed by atoms with E-state index >= 15 is 0 Å². The minimum Gasteiger partial charge on any atom is -0.545 e. The number of sulfonamides is 1. The fraction of sp³-hybridized carbons (Fsp3) is 0.0357. The van der Waals surface area contributed by atoms with Crippen LogP contribution in [0.2, 0.25) is 0 Å². The summed E-state index contributed by atoms with van der Waals surface area (Å²) in [5, 5.41) is 14.1.